The van der Waals surface area contributed by atoms with Gasteiger partial charge in [0.2, 0.25) is 0 Å². The van der Waals surface area contributed by atoms with Gasteiger partial charge in [-0.1, -0.05) is 6.08 Å². The number of nitrogens with one attached hydrogen (secondary N) is 1. The standard InChI is InChI=1S/C9H16N2O2S/c1-2-4-9(12)11-14(13)7-3-5-10-6-8-14/h2,4,10H,3,5-8H2,1H3/b4-2+. The van der Waals surface area contributed by atoms with E-state index in [9.17, 15) is 9.00 Å². The van der Waals surface area contributed by atoms with Crippen LogP contribution in [0.4, 0.5) is 0 Å². The van der Waals surface area contributed by atoms with Gasteiger partial charge >= 0.3 is 0 Å². The third-order valence-corrected chi connectivity index (χ3v) is 4.26. The van der Waals surface area contributed by atoms with E-state index in [2.05, 4.69) is 9.68 Å². The average molecular weight is 216 g/mol. The smallest absolute Gasteiger partial charge is 0.277 e. The van der Waals surface area contributed by atoms with Crippen LogP contribution in [0.1, 0.15) is 13.3 Å². The fourth-order valence-corrected chi connectivity index (χ4v) is 3.14. The Morgan fingerprint density at radius 1 is 1.43 bits per heavy atom. The summed E-state index contributed by atoms with van der Waals surface area (Å²) in [6, 6.07) is 0. The molecule has 1 amide bonds. The molecular weight excluding hydrogens is 200 g/mol. The van der Waals surface area contributed by atoms with Crippen molar-refractivity contribution in [2.75, 3.05) is 24.6 Å². The summed E-state index contributed by atoms with van der Waals surface area (Å²) in [6.45, 7) is 3.30. The summed E-state index contributed by atoms with van der Waals surface area (Å²) in [5.74, 6) is 0.638. The van der Waals surface area contributed by atoms with Crippen molar-refractivity contribution in [3.05, 3.63) is 12.2 Å². The molecule has 0 radical (unpaired) electrons. The minimum atomic E-state index is -2.29. The maximum absolute atomic E-state index is 12.0. The van der Waals surface area contributed by atoms with Crippen LogP contribution in [0.5, 0.6) is 0 Å². The van der Waals surface area contributed by atoms with E-state index in [1.54, 1.807) is 13.0 Å². The zero-order valence-corrected chi connectivity index (χ0v) is 9.18. The minimum absolute atomic E-state index is 0.376. The van der Waals surface area contributed by atoms with Crippen molar-refractivity contribution in [2.24, 2.45) is 4.36 Å². The quantitative estimate of drug-likeness (QED) is 0.651. The second-order valence-corrected chi connectivity index (χ2v) is 5.76. The van der Waals surface area contributed by atoms with Crippen LogP contribution < -0.4 is 5.32 Å². The summed E-state index contributed by atoms with van der Waals surface area (Å²) in [4.78, 5) is 11.2. The Hall–Kier alpha value is -0.680. The van der Waals surface area contributed by atoms with Crippen LogP contribution in [0.15, 0.2) is 16.5 Å². The van der Waals surface area contributed by atoms with E-state index in [-0.39, 0.29) is 5.91 Å². The maximum Gasteiger partial charge on any atom is 0.277 e. The molecule has 0 aliphatic carbocycles. The first kappa shape index (κ1) is 11.4. The lowest BCUT2D eigenvalue weighted by Gasteiger charge is -2.02. The van der Waals surface area contributed by atoms with E-state index in [0.29, 0.717) is 18.1 Å². The van der Waals surface area contributed by atoms with Crippen LogP contribution in [-0.2, 0) is 14.5 Å². The Morgan fingerprint density at radius 3 is 2.93 bits per heavy atom. The van der Waals surface area contributed by atoms with Crippen LogP contribution in [0.25, 0.3) is 0 Å². The molecule has 0 aromatic heterocycles. The van der Waals surface area contributed by atoms with Crippen molar-refractivity contribution in [3.8, 4) is 0 Å². The van der Waals surface area contributed by atoms with E-state index >= 15 is 0 Å². The molecule has 1 fully saturated rings. The van der Waals surface area contributed by atoms with E-state index in [0.717, 1.165) is 13.0 Å². The molecular formula is C9H16N2O2S. The van der Waals surface area contributed by atoms with E-state index in [1.165, 1.54) is 6.08 Å². The van der Waals surface area contributed by atoms with Gasteiger partial charge in [-0.05, 0) is 19.9 Å². The van der Waals surface area contributed by atoms with Crippen molar-refractivity contribution in [1.82, 2.24) is 5.32 Å². The van der Waals surface area contributed by atoms with Crippen molar-refractivity contribution in [2.45, 2.75) is 13.3 Å². The Morgan fingerprint density at radius 2 is 2.21 bits per heavy atom. The Balaban J connectivity index is 2.80. The van der Waals surface area contributed by atoms with E-state index in [4.69, 9.17) is 0 Å². The summed E-state index contributed by atoms with van der Waals surface area (Å²) in [6.07, 6.45) is 3.79. The molecule has 14 heavy (non-hydrogen) atoms. The van der Waals surface area contributed by atoms with Gasteiger partial charge in [-0.3, -0.25) is 4.79 Å². The van der Waals surface area contributed by atoms with Gasteiger partial charge in [0.15, 0.2) is 0 Å². The summed E-state index contributed by atoms with van der Waals surface area (Å²) < 4.78 is 15.8. The summed E-state index contributed by atoms with van der Waals surface area (Å²) in [5, 5.41) is 3.14. The third-order valence-electron chi connectivity index (χ3n) is 1.98. The highest BCUT2D eigenvalue weighted by Gasteiger charge is 2.13. The molecule has 1 N–H and O–H groups in total. The van der Waals surface area contributed by atoms with Gasteiger partial charge in [0.1, 0.15) is 0 Å². The highest BCUT2D eigenvalue weighted by atomic mass is 32.2. The van der Waals surface area contributed by atoms with Crippen molar-refractivity contribution in [3.63, 3.8) is 0 Å². The molecule has 0 bridgehead atoms. The average Bonchev–Trinajstić information content (AvgIpc) is 2.30. The van der Waals surface area contributed by atoms with Crippen molar-refractivity contribution in [1.29, 1.82) is 0 Å². The topological polar surface area (TPSA) is 58.5 Å². The summed E-state index contributed by atoms with van der Waals surface area (Å²) in [7, 11) is -2.29. The number of carbonyl (C=O) groups is 1. The first-order valence-corrected chi connectivity index (χ1v) is 6.61. The third kappa shape index (κ3) is 3.59. The molecule has 80 valence electrons. The first-order valence-electron chi connectivity index (χ1n) is 4.76. The molecule has 1 atom stereocenters. The van der Waals surface area contributed by atoms with Crippen LogP contribution in [0, 0.1) is 0 Å². The maximum atomic E-state index is 12.0. The van der Waals surface area contributed by atoms with Gasteiger partial charge in [-0.25, -0.2) is 4.21 Å². The van der Waals surface area contributed by atoms with Gasteiger partial charge in [0, 0.05) is 24.1 Å². The largest absolute Gasteiger partial charge is 0.316 e. The lowest BCUT2D eigenvalue weighted by Crippen LogP contribution is -2.19. The van der Waals surface area contributed by atoms with Gasteiger partial charge < -0.3 is 5.32 Å². The normalized spacial score (nSPS) is 28.6. The summed E-state index contributed by atoms with van der Waals surface area (Å²) >= 11 is 0. The zero-order valence-electron chi connectivity index (χ0n) is 8.36. The van der Waals surface area contributed by atoms with Crippen molar-refractivity contribution < 1.29 is 9.00 Å². The first-order chi connectivity index (χ1) is 6.66. The molecule has 5 heteroatoms. The van der Waals surface area contributed by atoms with Gasteiger partial charge in [0.25, 0.3) is 5.91 Å². The number of carbonyl (C=O) groups excluding carboxylic acids is 1. The molecule has 0 aromatic carbocycles. The Kier molecular flexibility index (Phi) is 4.28. The molecule has 0 saturated carbocycles. The predicted molar refractivity (Wildman–Crippen MR) is 57.6 cm³/mol. The molecule has 0 spiro atoms. The second kappa shape index (κ2) is 5.26. The molecule has 1 rings (SSSR count). The van der Waals surface area contributed by atoms with Crippen LogP contribution in [0.3, 0.4) is 0 Å². The molecule has 4 nitrogen and oxygen atoms in total. The van der Waals surface area contributed by atoms with Gasteiger partial charge in [-0.2, -0.15) is 4.36 Å². The fourth-order valence-electron chi connectivity index (χ4n) is 1.31. The van der Waals surface area contributed by atoms with Gasteiger partial charge in [-0.15, -0.1) is 0 Å². The summed E-state index contributed by atoms with van der Waals surface area (Å²) in [5.41, 5.74) is 0. The number of allylic oxidation sites excluding steroid dienone is 1. The zero-order chi connectivity index (χ0) is 10.4. The lowest BCUT2D eigenvalue weighted by molar-refractivity contribution is -0.113. The van der Waals surface area contributed by atoms with Crippen LogP contribution >= 0.6 is 0 Å². The Bertz CT molecular complexity index is 327. The SMILES string of the molecule is C/C=C/C(=O)N=S1(=O)CCCNCC1. The lowest BCUT2D eigenvalue weighted by atomic mass is 10.5. The number of amides is 1. The van der Waals surface area contributed by atoms with Crippen LogP contribution in [0.2, 0.25) is 0 Å². The number of nitrogens with zero attached hydrogens (tertiary/aromatic N) is 1. The van der Waals surface area contributed by atoms with Crippen LogP contribution in [-0.4, -0.2) is 34.7 Å². The van der Waals surface area contributed by atoms with Gasteiger partial charge in [0.05, 0.1) is 9.73 Å². The molecule has 0 aromatic rings. The highest BCUT2D eigenvalue weighted by molar-refractivity contribution is 7.93. The molecule has 1 heterocycles. The molecule has 1 saturated heterocycles. The highest BCUT2D eigenvalue weighted by Crippen LogP contribution is 2.03. The van der Waals surface area contributed by atoms with E-state index < -0.39 is 9.73 Å². The number of hydrogen-bond donors (Lipinski definition) is 1. The molecule has 1 aliphatic heterocycles. The van der Waals surface area contributed by atoms with E-state index in [1.807, 2.05) is 0 Å². The van der Waals surface area contributed by atoms with Crippen molar-refractivity contribution >= 4 is 15.6 Å². The fraction of sp³-hybridized carbons (Fsp3) is 0.667. The monoisotopic (exact) mass is 216 g/mol. The Labute approximate surface area is 85.0 Å². The molecule has 1 unspecified atom stereocenters. The predicted octanol–water partition coefficient (Wildman–Crippen LogP) is 0.550. The minimum Gasteiger partial charge on any atom is -0.316 e. The number of rotatable bonds is 1. The molecule has 1 aliphatic rings. The number of hydrogen-bond acceptors (Lipinski definition) is 3. The second-order valence-electron chi connectivity index (χ2n) is 3.21.